The van der Waals surface area contributed by atoms with Gasteiger partial charge in [0.2, 0.25) is 0 Å². The average Bonchev–Trinajstić information content (AvgIpc) is 2.52. The number of ether oxygens (including phenoxy) is 2. The summed E-state index contributed by atoms with van der Waals surface area (Å²) in [6, 6.07) is 9.58. The molecule has 0 saturated heterocycles. The Hall–Kier alpha value is -2.60. The molecule has 0 fully saturated rings. The Bertz CT molecular complexity index is 616. The summed E-state index contributed by atoms with van der Waals surface area (Å²) in [7, 11) is 0. The zero-order valence-electron chi connectivity index (χ0n) is 11.5. The Labute approximate surface area is 133 Å². The van der Waals surface area contributed by atoms with Gasteiger partial charge < -0.3 is 14.6 Å². The van der Waals surface area contributed by atoms with E-state index < -0.39 is 12.1 Å². The molecule has 1 aromatic carbocycles. The lowest BCUT2D eigenvalue weighted by Crippen LogP contribution is -2.07. The lowest BCUT2D eigenvalue weighted by atomic mass is 10.1. The van der Waals surface area contributed by atoms with E-state index in [1.54, 1.807) is 36.7 Å². The van der Waals surface area contributed by atoms with Gasteiger partial charge in [0, 0.05) is 18.0 Å². The minimum Gasteiger partial charge on any atom is -0.478 e. The lowest BCUT2D eigenvalue weighted by Gasteiger charge is -2.06. The fourth-order valence-electron chi connectivity index (χ4n) is 1.55. The Morgan fingerprint density at radius 3 is 2.18 bits per heavy atom. The number of benzene rings is 1. The van der Waals surface area contributed by atoms with Crippen LogP contribution < -0.4 is 0 Å². The van der Waals surface area contributed by atoms with E-state index in [2.05, 4.69) is 4.98 Å². The minimum absolute atomic E-state index is 0. The largest absolute Gasteiger partial charge is 0.508 e. The third kappa shape index (κ3) is 5.41. The van der Waals surface area contributed by atoms with Crippen LogP contribution in [0, 0.1) is 0 Å². The summed E-state index contributed by atoms with van der Waals surface area (Å²) in [6.45, 7) is 0.108. The number of carboxylic acids is 1. The Kier molecular flexibility index (Phi) is 6.85. The van der Waals surface area contributed by atoms with Crippen molar-refractivity contribution >= 4 is 24.5 Å². The summed E-state index contributed by atoms with van der Waals surface area (Å²) >= 11 is 0. The monoisotopic (exact) mass is 323 g/mol. The molecule has 1 N–H and O–H groups in total. The molecule has 0 aliphatic carbocycles. The van der Waals surface area contributed by atoms with E-state index in [1.807, 2.05) is 0 Å². The van der Waals surface area contributed by atoms with Crippen molar-refractivity contribution in [3.8, 4) is 0 Å². The van der Waals surface area contributed by atoms with E-state index >= 15 is 0 Å². The summed E-state index contributed by atoms with van der Waals surface area (Å²) in [5, 5.41) is 8.76. The molecule has 2 aromatic rings. The Morgan fingerprint density at radius 2 is 1.64 bits per heavy atom. The Balaban J connectivity index is 0.00000242. The molecule has 0 aliphatic heterocycles. The molecule has 0 spiro atoms. The van der Waals surface area contributed by atoms with Crippen molar-refractivity contribution in [1.82, 2.24) is 4.98 Å². The third-order valence-corrected chi connectivity index (χ3v) is 2.64. The summed E-state index contributed by atoms with van der Waals surface area (Å²) in [4.78, 5) is 26.0. The molecular weight excluding hydrogens is 310 g/mol. The van der Waals surface area contributed by atoms with E-state index in [9.17, 15) is 9.59 Å². The molecule has 1 aromatic heterocycles. The van der Waals surface area contributed by atoms with Gasteiger partial charge in [0.15, 0.2) is 0 Å². The average molecular weight is 324 g/mol. The first kappa shape index (κ1) is 17.5. The molecule has 22 heavy (non-hydrogen) atoms. The van der Waals surface area contributed by atoms with Gasteiger partial charge in [-0.2, -0.15) is 0 Å². The number of aromatic carboxylic acids is 1. The van der Waals surface area contributed by atoms with Gasteiger partial charge in [-0.15, -0.1) is 12.4 Å². The minimum atomic E-state index is -1.00. The number of pyridine rings is 1. The van der Waals surface area contributed by atoms with Crippen LogP contribution in [0.15, 0.2) is 48.8 Å². The number of hydrogen-bond acceptors (Lipinski definition) is 5. The highest BCUT2D eigenvalue weighted by Crippen LogP contribution is 2.07. The highest BCUT2D eigenvalue weighted by molar-refractivity contribution is 5.87. The van der Waals surface area contributed by atoms with Crippen LogP contribution in [-0.2, 0) is 22.7 Å². The van der Waals surface area contributed by atoms with Crippen molar-refractivity contribution in [2.75, 3.05) is 0 Å². The van der Waals surface area contributed by atoms with Gasteiger partial charge in [0.1, 0.15) is 13.2 Å². The summed E-state index contributed by atoms with van der Waals surface area (Å²) in [6.07, 6.45) is 2.43. The van der Waals surface area contributed by atoms with Crippen LogP contribution >= 0.6 is 12.4 Å². The van der Waals surface area contributed by atoms with Crippen LogP contribution in [0.1, 0.15) is 21.5 Å². The van der Waals surface area contributed by atoms with E-state index in [0.717, 1.165) is 5.56 Å². The van der Waals surface area contributed by atoms with E-state index in [-0.39, 0.29) is 31.2 Å². The van der Waals surface area contributed by atoms with E-state index in [4.69, 9.17) is 14.6 Å². The number of hydrogen-bond donors (Lipinski definition) is 1. The van der Waals surface area contributed by atoms with Crippen molar-refractivity contribution in [1.29, 1.82) is 0 Å². The second-order valence-corrected chi connectivity index (χ2v) is 4.19. The molecule has 116 valence electrons. The molecule has 0 saturated carbocycles. The van der Waals surface area contributed by atoms with Crippen molar-refractivity contribution in [3.63, 3.8) is 0 Å². The molecule has 6 nitrogen and oxygen atoms in total. The van der Waals surface area contributed by atoms with Crippen LogP contribution in [0.5, 0.6) is 0 Å². The maximum atomic E-state index is 11.4. The van der Waals surface area contributed by atoms with Crippen molar-refractivity contribution in [2.24, 2.45) is 0 Å². The first-order chi connectivity index (χ1) is 10.1. The lowest BCUT2D eigenvalue weighted by molar-refractivity contribution is 0.0445. The molecule has 0 unspecified atom stereocenters. The van der Waals surface area contributed by atoms with Crippen LogP contribution in [0.3, 0.4) is 0 Å². The van der Waals surface area contributed by atoms with Gasteiger partial charge in [-0.05, 0) is 23.8 Å². The summed E-state index contributed by atoms with van der Waals surface area (Å²) in [5.74, 6) is -1.00. The predicted octanol–water partition coefficient (Wildman–Crippen LogP) is 3.06. The summed E-state index contributed by atoms with van der Waals surface area (Å²) in [5.41, 5.74) is 1.62. The zero-order valence-corrected chi connectivity index (χ0v) is 12.3. The normalized spacial score (nSPS) is 9.45. The molecular formula is C15H14ClNO5. The molecule has 0 atom stereocenters. The second-order valence-electron chi connectivity index (χ2n) is 4.19. The fourth-order valence-corrected chi connectivity index (χ4v) is 1.55. The molecule has 0 amide bonds. The first-order valence-corrected chi connectivity index (χ1v) is 6.16. The highest BCUT2D eigenvalue weighted by Gasteiger charge is 2.06. The predicted molar refractivity (Wildman–Crippen MR) is 79.9 cm³/mol. The molecule has 0 aliphatic rings. The van der Waals surface area contributed by atoms with Crippen molar-refractivity contribution < 1.29 is 24.2 Å². The van der Waals surface area contributed by atoms with Gasteiger partial charge in [-0.3, -0.25) is 4.98 Å². The maximum absolute atomic E-state index is 11.4. The van der Waals surface area contributed by atoms with Crippen LogP contribution in [-0.4, -0.2) is 22.2 Å². The second kappa shape index (κ2) is 8.63. The Morgan fingerprint density at radius 1 is 1.00 bits per heavy atom. The number of carboxylic acid groups (broad SMARTS) is 1. The van der Waals surface area contributed by atoms with Gasteiger partial charge >= 0.3 is 12.1 Å². The van der Waals surface area contributed by atoms with Gasteiger partial charge in [-0.25, -0.2) is 9.59 Å². The standard InChI is InChI=1S/C15H13NO5.ClH/c17-14(18)13-5-3-11(4-6-13)9-20-15(19)21-10-12-2-1-7-16-8-12;/h1-8H,9-10H2,(H,17,18);1H. The SMILES string of the molecule is Cl.O=C(OCc1ccc(C(=O)O)cc1)OCc1cccnc1. The van der Waals surface area contributed by atoms with E-state index in [1.165, 1.54) is 12.1 Å². The van der Waals surface area contributed by atoms with Crippen LogP contribution in [0.25, 0.3) is 0 Å². The maximum Gasteiger partial charge on any atom is 0.508 e. The topological polar surface area (TPSA) is 85.7 Å². The number of rotatable bonds is 5. The number of halogens is 1. The molecule has 7 heteroatoms. The van der Waals surface area contributed by atoms with Gasteiger partial charge in [0.25, 0.3) is 0 Å². The summed E-state index contributed by atoms with van der Waals surface area (Å²) < 4.78 is 9.84. The van der Waals surface area contributed by atoms with Gasteiger partial charge in [0.05, 0.1) is 5.56 Å². The van der Waals surface area contributed by atoms with Crippen LogP contribution in [0.4, 0.5) is 4.79 Å². The number of aromatic nitrogens is 1. The number of carbonyl (C=O) groups excluding carboxylic acids is 1. The smallest absolute Gasteiger partial charge is 0.478 e. The zero-order chi connectivity index (χ0) is 15.1. The van der Waals surface area contributed by atoms with Gasteiger partial charge in [-0.1, -0.05) is 18.2 Å². The number of carbonyl (C=O) groups is 2. The first-order valence-electron chi connectivity index (χ1n) is 6.16. The van der Waals surface area contributed by atoms with Crippen molar-refractivity contribution in [2.45, 2.75) is 13.2 Å². The van der Waals surface area contributed by atoms with E-state index in [0.29, 0.717) is 5.56 Å². The molecule has 1 heterocycles. The quantitative estimate of drug-likeness (QED) is 0.851. The molecule has 0 radical (unpaired) electrons. The van der Waals surface area contributed by atoms with Crippen molar-refractivity contribution in [3.05, 3.63) is 65.5 Å². The highest BCUT2D eigenvalue weighted by atomic mass is 35.5. The third-order valence-electron chi connectivity index (χ3n) is 2.64. The van der Waals surface area contributed by atoms with Crippen LogP contribution in [0.2, 0.25) is 0 Å². The number of nitrogens with zero attached hydrogens (tertiary/aromatic N) is 1. The molecule has 0 bridgehead atoms. The molecule has 2 rings (SSSR count). The fraction of sp³-hybridized carbons (Fsp3) is 0.133.